The van der Waals surface area contributed by atoms with Crippen molar-refractivity contribution in [3.63, 3.8) is 0 Å². The van der Waals surface area contributed by atoms with Gasteiger partial charge in [-0.1, -0.05) is 47.9 Å². The molecule has 3 aromatic rings. The fourth-order valence-electron chi connectivity index (χ4n) is 2.09. The molecule has 0 unspecified atom stereocenters. The van der Waals surface area contributed by atoms with Gasteiger partial charge in [-0.15, -0.1) is 0 Å². The lowest BCUT2D eigenvalue weighted by atomic mass is 10.0. The molecule has 0 radical (unpaired) electrons. The summed E-state index contributed by atoms with van der Waals surface area (Å²) in [5.41, 5.74) is -3.24. The molecule has 0 aromatic heterocycles. The summed E-state index contributed by atoms with van der Waals surface area (Å²) in [5.74, 6) is -1.75. The topological polar surface area (TPSA) is 81.6 Å². The van der Waals surface area contributed by atoms with E-state index in [1.807, 2.05) is 0 Å². The van der Waals surface area contributed by atoms with Crippen LogP contribution in [-0.4, -0.2) is 35.8 Å². The third-order valence-corrected chi connectivity index (χ3v) is 3.58. The maximum Gasteiger partial charge on any atom is 0.335 e. The zero-order valence-corrected chi connectivity index (χ0v) is 15.4. The molecule has 0 spiro atoms. The SMILES string of the molecule is [2H]c1c([2H])c(NCCNC([2H])([2H])[C@H](O)c2c([2H])c([2H])c([2H])c(Cl)c2[2H])c([2H])c(-c2c([2H])c([2H])c([2H])c(C(=O)O)c2[2H])c1[2H]. The summed E-state index contributed by atoms with van der Waals surface area (Å²) < 4.78 is 113. The molecule has 0 aliphatic carbocycles. The van der Waals surface area contributed by atoms with Gasteiger partial charge in [0.25, 0.3) is 0 Å². The second-order valence-electron chi connectivity index (χ2n) is 5.43. The second-order valence-corrected chi connectivity index (χ2v) is 5.81. The van der Waals surface area contributed by atoms with Crippen LogP contribution >= 0.6 is 11.6 Å². The molecule has 5 nitrogen and oxygen atoms in total. The molecule has 0 saturated carbocycles. The number of nitrogens with one attached hydrogen (secondary N) is 2. The van der Waals surface area contributed by atoms with Gasteiger partial charge < -0.3 is 20.8 Å². The van der Waals surface area contributed by atoms with Crippen molar-refractivity contribution in [2.45, 2.75) is 6.10 Å². The largest absolute Gasteiger partial charge is 0.478 e. The highest BCUT2D eigenvalue weighted by Crippen LogP contribution is 2.23. The van der Waals surface area contributed by atoms with Gasteiger partial charge in [0, 0.05) is 33.0 Å². The molecule has 3 rings (SSSR count). The fraction of sp³-hybridized carbons (Fsp3) is 0.174. The Morgan fingerprint density at radius 2 is 1.76 bits per heavy atom. The summed E-state index contributed by atoms with van der Waals surface area (Å²) in [5, 5.41) is 24.5. The Balaban J connectivity index is 1.95. The summed E-state index contributed by atoms with van der Waals surface area (Å²) in [7, 11) is 0. The second kappa shape index (κ2) is 10.1. The van der Waals surface area contributed by atoms with Crippen LogP contribution in [0.5, 0.6) is 0 Å². The number of rotatable bonds is 9. The van der Waals surface area contributed by atoms with E-state index in [1.54, 1.807) is 0 Å². The van der Waals surface area contributed by atoms with E-state index in [0.29, 0.717) is 0 Å². The van der Waals surface area contributed by atoms with E-state index in [-0.39, 0.29) is 13.1 Å². The van der Waals surface area contributed by atoms with Crippen LogP contribution in [0.2, 0.25) is 5.02 Å². The molecule has 3 aromatic carbocycles. The minimum atomic E-state index is -2.73. The number of anilines is 1. The van der Waals surface area contributed by atoms with Crippen LogP contribution in [0.1, 0.15) is 41.2 Å². The van der Waals surface area contributed by atoms with E-state index in [0.717, 1.165) is 0 Å². The highest BCUT2D eigenvalue weighted by Gasteiger charge is 2.07. The van der Waals surface area contributed by atoms with E-state index in [1.165, 1.54) is 0 Å². The van der Waals surface area contributed by atoms with Crippen LogP contribution in [0, 0.1) is 0 Å². The van der Waals surface area contributed by atoms with E-state index in [4.69, 9.17) is 30.8 Å². The third kappa shape index (κ3) is 6.06. The lowest BCUT2D eigenvalue weighted by molar-refractivity contribution is 0.0697. The predicted molar refractivity (Wildman–Crippen MR) is 117 cm³/mol. The maximum atomic E-state index is 11.7. The molecule has 0 saturated heterocycles. The van der Waals surface area contributed by atoms with E-state index in [9.17, 15) is 15.0 Å². The summed E-state index contributed by atoms with van der Waals surface area (Å²) >= 11 is 5.84. The number of hydrogen-bond donors (Lipinski definition) is 4. The first kappa shape index (κ1) is 9.30. The van der Waals surface area contributed by atoms with Crippen molar-refractivity contribution >= 4 is 23.3 Å². The molecule has 0 bridgehead atoms. The van der Waals surface area contributed by atoms with Crippen LogP contribution < -0.4 is 10.6 Å². The number of aliphatic hydroxyl groups is 1. The highest BCUT2D eigenvalue weighted by atomic mass is 35.5. The van der Waals surface area contributed by atoms with Crippen molar-refractivity contribution in [2.75, 3.05) is 24.9 Å². The van der Waals surface area contributed by atoms with Crippen LogP contribution in [0.4, 0.5) is 5.69 Å². The molecule has 0 aliphatic heterocycles. The predicted octanol–water partition coefficient (Wildman–Crippen LogP) is 4.44. The van der Waals surface area contributed by atoms with Gasteiger partial charge in [0.1, 0.15) is 0 Å². The van der Waals surface area contributed by atoms with Crippen molar-refractivity contribution in [1.82, 2.24) is 5.32 Å². The minimum Gasteiger partial charge on any atom is -0.478 e. The monoisotopic (exact) mass is 424 g/mol. The Morgan fingerprint density at radius 3 is 2.55 bits per heavy atom. The first-order chi connectivity index (χ1) is 19.8. The Kier molecular flexibility index (Phi) is 3.23. The van der Waals surface area contributed by atoms with Gasteiger partial charge >= 0.3 is 5.97 Å². The van der Waals surface area contributed by atoms with Gasteiger partial charge in [-0.05, 0) is 52.9 Å². The van der Waals surface area contributed by atoms with Gasteiger partial charge in [0.2, 0.25) is 0 Å². The summed E-state index contributed by atoms with van der Waals surface area (Å²) in [6, 6.07) is -9.27. The van der Waals surface area contributed by atoms with Crippen molar-refractivity contribution in [3.05, 3.63) is 88.7 Å². The standard InChI is InChI=1S/C23H23ClN2O3/c24-20-8-2-6-18(13-20)22(27)15-25-10-11-26-21-9-3-5-17(14-21)16-4-1-7-19(12-16)23(28)29/h1-9,12-14,22,25-27H,10-11,15H2,(H,28,29)/t22-/m0/s1/i1D,2D,3D,4D,5D,6D,7D,8D,9D,12D,13D,14D,15D2. The highest BCUT2D eigenvalue weighted by molar-refractivity contribution is 6.30. The number of hydrogen-bond acceptors (Lipinski definition) is 4. The smallest absolute Gasteiger partial charge is 0.335 e. The number of carboxylic acid groups (broad SMARTS) is 1. The average molecular weight is 425 g/mol. The lowest BCUT2D eigenvalue weighted by Crippen LogP contribution is -2.26. The molecule has 6 heteroatoms. The normalized spacial score (nSPS) is 19.1. The number of halogens is 1. The van der Waals surface area contributed by atoms with Gasteiger partial charge in [-0.25, -0.2) is 4.79 Å². The Labute approximate surface area is 194 Å². The number of carbonyl (C=O) groups is 1. The van der Waals surface area contributed by atoms with Crippen LogP contribution in [0.3, 0.4) is 0 Å². The van der Waals surface area contributed by atoms with Gasteiger partial charge in [-0.3, -0.25) is 0 Å². The van der Waals surface area contributed by atoms with E-state index >= 15 is 0 Å². The molecule has 0 aliphatic rings. The summed E-state index contributed by atoms with van der Waals surface area (Å²) in [6.45, 7) is -3.38. The molecule has 29 heavy (non-hydrogen) atoms. The molecular weight excluding hydrogens is 388 g/mol. The first-order valence-electron chi connectivity index (χ1n) is 15.2. The van der Waals surface area contributed by atoms with Crippen molar-refractivity contribution in [2.24, 2.45) is 0 Å². The van der Waals surface area contributed by atoms with Crippen LogP contribution in [0.25, 0.3) is 11.1 Å². The van der Waals surface area contributed by atoms with Gasteiger partial charge in [0.05, 0.1) is 28.1 Å². The Hall–Kier alpha value is -2.86. The number of benzene rings is 3. The minimum absolute atomic E-state index is 0.297. The van der Waals surface area contributed by atoms with Gasteiger partial charge in [0.15, 0.2) is 0 Å². The molecule has 0 fully saturated rings. The van der Waals surface area contributed by atoms with Crippen molar-refractivity contribution < 1.29 is 34.2 Å². The molecule has 1 atom stereocenters. The van der Waals surface area contributed by atoms with Crippen molar-refractivity contribution in [3.8, 4) is 11.1 Å². The molecule has 4 N–H and O–H groups in total. The zero-order valence-electron chi connectivity index (χ0n) is 28.7. The zero-order chi connectivity index (χ0) is 32.9. The van der Waals surface area contributed by atoms with E-state index < -0.39 is 124 Å². The quantitative estimate of drug-likeness (QED) is 0.382. The average Bonchev–Trinajstić information content (AvgIpc) is 2.93. The van der Waals surface area contributed by atoms with Crippen LogP contribution in [0.15, 0.2) is 72.5 Å². The molecule has 0 amide bonds. The summed E-state index contributed by atoms with van der Waals surface area (Å²) in [6.07, 6.45) is -2.18. The van der Waals surface area contributed by atoms with E-state index in [2.05, 4.69) is 10.6 Å². The Morgan fingerprint density at radius 1 is 1.03 bits per heavy atom. The molecule has 150 valence electrons. The molecular formula is C23H23ClN2O3. The lowest BCUT2D eigenvalue weighted by Gasteiger charge is -2.13. The summed E-state index contributed by atoms with van der Waals surface area (Å²) in [4.78, 5) is 11.7. The number of aliphatic hydroxyl groups excluding tert-OH is 1. The first-order valence-corrected chi connectivity index (χ1v) is 8.54. The van der Waals surface area contributed by atoms with Crippen molar-refractivity contribution in [1.29, 1.82) is 0 Å². The Bertz CT molecular complexity index is 1620. The van der Waals surface area contributed by atoms with Crippen LogP contribution in [-0.2, 0) is 0 Å². The number of carboxylic acids is 1. The number of aromatic carboxylic acids is 1. The molecule has 0 heterocycles. The third-order valence-electron chi connectivity index (χ3n) is 3.39. The maximum absolute atomic E-state index is 11.7. The fourth-order valence-corrected chi connectivity index (χ4v) is 2.24. The van der Waals surface area contributed by atoms with Gasteiger partial charge in [-0.2, -0.15) is 0 Å².